The third-order valence-corrected chi connectivity index (χ3v) is 4.03. The predicted octanol–water partition coefficient (Wildman–Crippen LogP) is 2.81. The second-order valence-electron chi connectivity index (χ2n) is 3.58. The van der Waals surface area contributed by atoms with Crippen molar-refractivity contribution in [3.63, 3.8) is 0 Å². The van der Waals surface area contributed by atoms with Crippen molar-refractivity contribution in [2.24, 2.45) is 5.41 Å². The molecule has 3 heteroatoms. The van der Waals surface area contributed by atoms with Crippen LogP contribution in [-0.2, 0) is 9.47 Å². The molecule has 0 aromatic heterocycles. The molecule has 74 valence electrons. The highest BCUT2D eigenvalue weighted by Crippen LogP contribution is 2.33. The van der Waals surface area contributed by atoms with Gasteiger partial charge in [-0.2, -0.15) is 0 Å². The van der Waals surface area contributed by atoms with Crippen LogP contribution in [0.3, 0.4) is 0 Å². The summed E-state index contributed by atoms with van der Waals surface area (Å²) in [6.07, 6.45) is 0.923. The molecule has 1 atom stereocenters. The summed E-state index contributed by atoms with van der Waals surface area (Å²) in [5.41, 5.74) is 0.191. The topological polar surface area (TPSA) is 18.5 Å². The van der Waals surface area contributed by atoms with E-state index in [9.17, 15) is 0 Å². The molecule has 0 aromatic rings. The maximum Gasteiger partial charge on any atom is 0.169 e. The molecule has 0 spiro atoms. The lowest BCUT2D eigenvalue weighted by atomic mass is 9.86. The molecule has 0 radical (unpaired) electrons. The van der Waals surface area contributed by atoms with E-state index in [1.165, 1.54) is 0 Å². The first-order valence-electron chi connectivity index (χ1n) is 4.19. The van der Waals surface area contributed by atoms with Crippen LogP contribution in [0.5, 0.6) is 0 Å². The fraction of sp³-hybridized carbons (Fsp3) is 1.00. The number of methoxy groups -OCH3 is 2. The standard InChI is InChI=1S/C9H19BrO2/c1-6-9(2,3)7(10)8(11-4)12-5/h7-8H,6H2,1-5H3. The van der Waals surface area contributed by atoms with Gasteiger partial charge in [0.2, 0.25) is 0 Å². The molecule has 0 rings (SSSR count). The first-order valence-corrected chi connectivity index (χ1v) is 5.10. The number of hydrogen-bond donors (Lipinski definition) is 0. The Bertz CT molecular complexity index is 122. The molecule has 0 aromatic carbocycles. The molecule has 0 saturated carbocycles. The molecule has 0 aliphatic rings. The highest BCUT2D eigenvalue weighted by atomic mass is 79.9. The predicted molar refractivity (Wildman–Crippen MR) is 54.6 cm³/mol. The molecule has 2 nitrogen and oxygen atoms in total. The van der Waals surface area contributed by atoms with E-state index < -0.39 is 0 Å². The van der Waals surface area contributed by atoms with Crippen molar-refractivity contribution in [3.8, 4) is 0 Å². The summed E-state index contributed by atoms with van der Waals surface area (Å²) in [5, 5.41) is 0. The fourth-order valence-corrected chi connectivity index (χ4v) is 1.65. The Morgan fingerprint density at radius 2 is 1.67 bits per heavy atom. The summed E-state index contributed by atoms with van der Waals surface area (Å²) in [6.45, 7) is 6.55. The van der Waals surface area contributed by atoms with Gasteiger partial charge in [-0.25, -0.2) is 0 Å². The fourth-order valence-electron chi connectivity index (χ4n) is 0.899. The number of halogens is 1. The summed E-state index contributed by atoms with van der Waals surface area (Å²) in [7, 11) is 3.32. The Morgan fingerprint density at radius 1 is 1.25 bits per heavy atom. The summed E-state index contributed by atoms with van der Waals surface area (Å²) >= 11 is 3.60. The van der Waals surface area contributed by atoms with Crippen LogP contribution in [0.4, 0.5) is 0 Å². The van der Waals surface area contributed by atoms with E-state index in [0.29, 0.717) is 0 Å². The quantitative estimate of drug-likeness (QED) is 0.542. The number of alkyl halides is 1. The molecule has 12 heavy (non-hydrogen) atoms. The van der Waals surface area contributed by atoms with Crippen LogP contribution in [0, 0.1) is 5.41 Å². The maximum absolute atomic E-state index is 5.18. The van der Waals surface area contributed by atoms with Crippen molar-refractivity contribution in [2.45, 2.75) is 38.3 Å². The van der Waals surface area contributed by atoms with Gasteiger partial charge in [0.05, 0.1) is 4.83 Å². The van der Waals surface area contributed by atoms with Crippen molar-refractivity contribution >= 4 is 15.9 Å². The van der Waals surface area contributed by atoms with Crippen molar-refractivity contribution in [2.75, 3.05) is 14.2 Å². The molecule has 0 bridgehead atoms. The van der Waals surface area contributed by atoms with Crippen LogP contribution < -0.4 is 0 Å². The zero-order valence-corrected chi connectivity index (χ0v) is 10.1. The van der Waals surface area contributed by atoms with E-state index in [-0.39, 0.29) is 16.5 Å². The Hall–Kier alpha value is 0.400. The molecule has 0 N–H and O–H groups in total. The van der Waals surface area contributed by atoms with Crippen LogP contribution in [-0.4, -0.2) is 25.3 Å². The van der Waals surface area contributed by atoms with Gasteiger partial charge in [0.15, 0.2) is 6.29 Å². The number of ether oxygens (including phenoxy) is 2. The Labute approximate surface area is 83.8 Å². The monoisotopic (exact) mass is 238 g/mol. The lowest BCUT2D eigenvalue weighted by Crippen LogP contribution is -2.36. The lowest BCUT2D eigenvalue weighted by Gasteiger charge is -2.33. The van der Waals surface area contributed by atoms with Gasteiger partial charge < -0.3 is 9.47 Å². The minimum Gasteiger partial charge on any atom is -0.355 e. The number of rotatable bonds is 5. The highest BCUT2D eigenvalue weighted by Gasteiger charge is 2.32. The second kappa shape index (κ2) is 5.20. The van der Waals surface area contributed by atoms with Crippen molar-refractivity contribution < 1.29 is 9.47 Å². The zero-order chi connectivity index (χ0) is 9.78. The molecule has 0 fully saturated rings. The third-order valence-electron chi connectivity index (χ3n) is 2.36. The van der Waals surface area contributed by atoms with Crippen LogP contribution in [0.1, 0.15) is 27.2 Å². The van der Waals surface area contributed by atoms with E-state index in [1.807, 2.05) is 0 Å². The molecular formula is C9H19BrO2. The van der Waals surface area contributed by atoms with E-state index in [4.69, 9.17) is 9.47 Å². The van der Waals surface area contributed by atoms with Crippen molar-refractivity contribution in [1.82, 2.24) is 0 Å². The van der Waals surface area contributed by atoms with E-state index in [2.05, 4.69) is 36.7 Å². The van der Waals surface area contributed by atoms with Gasteiger partial charge in [-0.1, -0.05) is 36.7 Å². The molecule has 0 amide bonds. The Balaban J connectivity index is 4.23. The summed E-state index contributed by atoms with van der Waals surface area (Å²) < 4.78 is 10.4. The van der Waals surface area contributed by atoms with E-state index in [0.717, 1.165) is 6.42 Å². The van der Waals surface area contributed by atoms with Crippen LogP contribution in [0.2, 0.25) is 0 Å². The molecule has 0 saturated heterocycles. The van der Waals surface area contributed by atoms with Crippen LogP contribution in [0.15, 0.2) is 0 Å². The molecule has 0 aliphatic heterocycles. The largest absolute Gasteiger partial charge is 0.355 e. The summed E-state index contributed by atoms with van der Waals surface area (Å²) in [6, 6.07) is 0. The van der Waals surface area contributed by atoms with Gasteiger partial charge in [0.25, 0.3) is 0 Å². The molecule has 0 aliphatic carbocycles. The van der Waals surface area contributed by atoms with Gasteiger partial charge in [-0.05, 0) is 11.8 Å². The van der Waals surface area contributed by atoms with E-state index >= 15 is 0 Å². The smallest absolute Gasteiger partial charge is 0.169 e. The minimum absolute atomic E-state index is 0.167. The SMILES string of the molecule is CCC(C)(C)C(Br)C(OC)OC. The summed E-state index contributed by atoms with van der Waals surface area (Å²) in [5.74, 6) is 0. The zero-order valence-electron chi connectivity index (χ0n) is 8.56. The maximum atomic E-state index is 5.18. The normalized spacial score (nSPS) is 15.2. The minimum atomic E-state index is -0.167. The van der Waals surface area contributed by atoms with Crippen molar-refractivity contribution in [1.29, 1.82) is 0 Å². The average molecular weight is 239 g/mol. The Morgan fingerprint density at radius 3 is 1.92 bits per heavy atom. The van der Waals surface area contributed by atoms with Crippen LogP contribution in [0.25, 0.3) is 0 Å². The first kappa shape index (κ1) is 12.4. The molecule has 1 unspecified atom stereocenters. The average Bonchev–Trinajstić information content (AvgIpc) is 2.06. The summed E-state index contributed by atoms with van der Waals surface area (Å²) in [4.78, 5) is 0.227. The first-order chi connectivity index (χ1) is 5.49. The second-order valence-corrected chi connectivity index (χ2v) is 4.57. The van der Waals surface area contributed by atoms with Crippen molar-refractivity contribution in [3.05, 3.63) is 0 Å². The number of hydrogen-bond acceptors (Lipinski definition) is 2. The van der Waals surface area contributed by atoms with Gasteiger partial charge in [-0.15, -0.1) is 0 Å². The van der Waals surface area contributed by atoms with Gasteiger partial charge >= 0.3 is 0 Å². The Kier molecular flexibility index (Phi) is 5.37. The van der Waals surface area contributed by atoms with E-state index in [1.54, 1.807) is 14.2 Å². The molecular weight excluding hydrogens is 220 g/mol. The van der Waals surface area contributed by atoms with Crippen LogP contribution >= 0.6 is 15.9 Å². The van der Waals surface area contributed by atoms with Gasteiger partial charge in [0.1, 0.15) is 0 Å². The van der Waals surface area contributed by atoms with Gasteiger partial charge in [0, 0.05) is 14.2 Å². The van der Waals surface area contributed by atoms with Gasteiger partial charge in [-0.3, -0.25) is 0 Å². The highest BCUT2D eigenvalue weighted by molar-refractivity contribution is 9.09. The third kappa shape index (κ3) is 3.04. The molecule has 0 heterocycles. The lowest BCUT2D eigenvalue weighted by molar-refractivity contribution is -0.115.